The van der Waals surface area contributed by atoms with Crippen molar-refractivity contribution in [3.05, 3.63) is 64.8 Å². The average Bonchev–Trinajstić information content (AvgIpc) is 3.42. The van der Waals surface area contributed by atoms with Crippen LogP contribution in [0.25, 0.3) is 0 Å². The summed E-state index contributed by atoms with van der Waals surface area (Å²) in [6, 6.07) is 13.6. The number of anilines is 5. The first kappa shape index (κ1) is 31.0. The number of carboxylic acid groups (broad SMARTS) is 1. The van der Waals surface area contributed by atoms with E-state index in [1.165, 1.54) is 6.20 Å². The summed E-state index contributed by atoms with van der Waals surface area (Å²) in [5, 5.41) is 22.1. The monoisotopic (exact) mass is 627 g/mol. The first-order valence-corrected chi connectivity index (χ1v) is 14.2. The number of hydrogen-bond acceptors (Lipinski definition) is 8. The highest BCUT2D eigenvalue weighted by Crippen LogP contribution is 2.30. The number of aromatic nitrogens is 2. The minimum atomic E-state index is -5.08. The zero-order chi connectivity index (χ0) is 30.7. The molecule has 6 N–H and O–H groups in total. The maximum absolute atomic E-state index is 13.0. The molecule has 42 heavy (non-hydrogen) atoms. The molecule has 5 rings (SSSR count). The van der Waals surface area contributed by atoms with E-state index in [-0.39, 0.29) is 19.0 Å². The third-order valence-corrected chi connectivity index (χ3v) is 7.69. The molecule has 2 aliphatic heterocycles. The summed E-state index contributed by atoms with van der Waals surface area (Å²) in [4.78, 5) is 30.6. The Hall–Kier alpha value is -3.99. The van der Waals surface area contributed by atoms with Crippen LogP contribution >= 0.6 is 11.6 Å². The summed E-state index contributed by atoms with van der Waals surface area (Å²) in [7, 11) is -3.81. The fourth-order valence-corrected chi connectivity index (χ4v) is 5.16. The number of aliphatic carboxylic acids is 1. The van der Waals surface area contributed by atoms with Crippen LogP contribution in [0.1, 0.15) is 17.5 Å². The number of carboxylic acids is 1. The first-order valence-electron chi connectivity index (χ1n) is 12.4. The van der Waals surface area contributed by atoms with Crippen LogP contribution in [0.4, 0.5) is 42.0 Å². The largest absolute Gasteiger partial charge is 0.490 e. The summed E-state index contributed by atoms with van der Waals surface area (Å²) in [6.07, 6.45) is -1.72. The third-order valence-electron chi connectivity index (χ3n) is 6.36. The normalized spacial score (nSPS) is 16.7. The maximum atomic E-state index is 13.0. The highest BCUT2D eigenvalue weighted by molar-refractivity contribution is 7.86. The van der Waals surface area contributed by atoms with Gasteiger partial charge in [0.25, 0.3) is 10.2 Å². The van der Waals surface area contributed by atoms with Crippen molar-refractivity contribution >= 4 is 62.5 Å². The zero-order valence-electron chi connectivity index (χ0n) is 21.7. The molecule has 3 heterocycles. The van der Waals surface area contributed by atoms with Gasteiger partial charge < -0.3 is 21.1 Å². The number of nitrogens with one attached hydrogen (secondary N) is 3. The van der Waals surface area contributed by atoms with Crippen LogP contribution in [0.2, 0.25) is 5.02 Å². The van der Waals surface area contributed by atoms with Crippen LogP contribution in [0.5, 0.6) is 0 Å². The topological polar surface area (TPSA) is 180 Å². The van der Waals surface area contributed by atoms with Crippen LogP contribution in [-0.4, -0.2) is 58.9 Å². The lowest BCUT2D eigenvalue weighted by molar-refractivity contribution is -0.192. The van der Waals surface area contributed by atoms with E-state index in [1.807, 2.05) is 42.5 Å². The van der Waals surface area contributed by atoms with Gasteiger partial charge in [-0.1, -0.05) is 23.7 Å². The van der Waals surface area contributed by atoms with Crippen molar-refractivity contribution < 1.29 is 36.3 Å². The van der Waals surface area contributed by atoms with Gasteiger partial charge in [0.1, 0.15) is 5.02 Å². The Labute approximate surface area is 243 Å². The van der Waals surface area contributed by atoms with Gasteiger partial charge in [-0.15, -0.1) is 0 Å². The third kappa shape index (κ3) is 8.06. The SMILES string of the molecule is NS(=O)(=O)N1CC[C@@H](C(=O)Nc2ccc3cc2CCc2cccc(c2)Nc2ncc(Cl)c(n2)N3)C1.O=C(O)C(F)(F)F. The molecule has 2 aliphatic rings. The van der Waals surface area contributed by atoms with Gasteiger partial charge in [0, 0.05) is 30.2 Å². The number of rotatable bonds is 3. The predicted molar refractivity (Wildman–Crippen MR) is 149 cm³/mol. The number of carbonyl (C=O) groups is 2. The van der Waals surface area contributed by atoms with E-state index in [9.17, 15) is 26.4 Å². The fourth-order valence-electron chi connectivity index (χ4n) is 4.27. The molecule has 1 saturated heterocycles. The van der Waals surface area contributed by atoms with Gasteiger partial charge in [0.15, 0.2) is 5.82 Å². The van der Waals surface area contributed by atoms with E-state index in [1.54, 1.807) is 0 Å². The molecule has 224 valence electrons. The van der Waals surface area contributed by atoms with Crippen molar-refractivity contribution in [2.24, 2.45) is 11.1 Å². The van der Waals surface area contributed by atoms with Crippen LogP contribution in [0.15, 0.2) is 48.7 Å². The number of carbonyl (C=O) groups excluding carboxylic acids is 1. The summed E-state index contributed by atoms with van der Waals surface area (Å²) in [5.41, 5.74) is 4.33. The number of aryl methyl sites for hydroxylation is 2. The zero-order valence-corrected chi connectivity index (χ0v) is 23.2. The second kappa shape index (κ2) is 12.5. The van der Waals surface area contributed by atoms with E-state index in [4.69, 9.17) is 26.6 Å². The average molecular weight is 628 g/mol. The van der Waals surface area contributed by atoms with Crippen molar-refractivity contribution in [2.75, 3.05) is 29.0 Å². The second-order valence-corrected chi connectivity index (χ2v) is 11.3. The Bertz CT molecular complexity index is 1610. The lowest BCUT2D eigenvalue weighted by Gasteiger charge is -2.17. The molecule has 1 aromatic heterocycles. The number of fused-ring (bicyclic) bond motifs is 6. The number of benzene rings is 2. The van der Waals surface area contributed by atoms with Crippen LogP contribution in [0, 0.1) is 5.92 Å². The highest BCUT2D eigenvalue weighted by atomic mass is 35.5. The molecular weight excluding hydrogens is 603 g/mol. The van der Waals surface area contributed by atoms with Gasteiger partial charge in [-0.05, 0) is 60.7 Å². The Balaban J connectivity index is 0.000000517. The molecule has 17 heteroatoms. The van der Waals surface area contributed by atoms with Crippen LogP contribution in [-0.2, 0) is 32.6 Å². The molecule has 3 aromatic rings. The molecule has 0 spiro atoms. The minimum absolute atomic E-state index is 0.0774. The van der Waals surface area contributed by atoms with E-state index < -0.39 is 28.3 Å². The second-order valence-electron chi connectivity index (χ2n) is 9.39. The summed E-state index contributed by atoms with van der Waals surface area (Å²) in [6.45, 7) is 0.312. The van der Waals surface area contributed by atoms with Crippen LogP contribution in [0.3, 0.4) is 0 Å². The molecule has 1 atom stereocenters. The smallest absolute Gasteiger partial charge is 0.475 e. The molecule has 0 radical (unpaired) electrons. The van der Waals surface area contributed by atoms with Gasteiger partial charge in [0.05, 0.1) is 12.1 Å². The van der Waals surface area contributed by atoms with Crippen molar-refractivity contribution in [1.82, 2.24) is 14.3 Å². The molecule has 6 bridgehead atoms. The molecule has 0 aliphatic carbocycles. The van der Waals surface area contributed by atoms with Crippen molar-refractivity contribution in [2.45, 2.75) is 25.4 Å². The first-order chi connectivity index (χ1) is 19.7. The molecule has 0 saturated carbocycles. The van der Waals surface area contributed by atoms with Crippen molar-refractivity contribution in [1.29, 1.82) is 0 Å². The van der Waals surface area contributed by atoms with E-state index in [2.05, 4.69) is 25.9 Å². The Morgan fingerprint density at radius 1 is 1.12 bits per heavy atom. The summed E-state index contributed by atoms with van der Waals surface area (Å²) in [5.74, 6) is -2.58. The van der Waals surface area contributed by atoms with Gasteiger partial charge in [-0.3, -0.25) is 4.79 Å². The fraction of sp³-hybridized carbons (Fsp3) is 0.280. The number of halogens is 4. The Kier molecular flexibility index (Phi) is 9.20. The van der Waals surface area contributed by atoms with Gasteiger partial charge >= 0.3 is 12.1 Å². The molecule has 12 nitrogen and oxygen atoms in total. The Morgan fingerprint density at radius 3 is 2.50 bits per heavy atom. The predicted octanol–water partition coefficient (Wildman–Crippen LogP) is 3.81. The summed E-state index contributed by atoms with van der Waals surface area (Å²) >= 11 is 6.32. The van der Waals surface area contributed by atoms with Crippen molar-refractivity contribution in [3.8, 4) is 0 Å². The maximum Gasteiger partial charge on any atom is 0.490 e. The van der Waals surface area contributed by atoms with Crippen molar-refractivity contribution in [3.63, 3.8) is 0 Å². The van der Waals surface area contributed by atoms with Gasteiger partial charge in [0.2, 0.25) is 11.9 Å². The van der Waals surface area contributed by atoms with E-state index >= 15 is 0 Å². The lowest BCUT2D eigenvalue weighted by Crippen LogP contribution is -2.36. The molecule has 0 unspecified atom stereocenters. The molecule has 2 aromatic carbocycles. The minimum Gasteiger partial charge on any atom is -0.475 e. The van der Waals surface area contributed by atoms with Gasteiger partial charge in [-0.2, -0.15) is 30.9 Å². The van der Waals surface area contributed by atoms with E-state index in [0.717, 1.165) is 33.2 Å². The Morgan fingerprint density at radius 2 is 1.83 bits per heavy atom. The quantitative estimate of drug-likeness (QED) is 0.289. The number of amides is 1. The standard InChI is InChI=1S/C23H24ClN7O3S.C2HF3O2/c24-19-12-26-23-28-17-3-1-2-14(10-17)4-5-15-11-18(27-21(19)30-23)6-7-20(15)29-22(32)16-8-9-31(13-16)35(25,33)34;3-2(4,5)1(6)7/h1-3,6-7,10-12,16H,4-5,8-9,13H2,(H,29,32)(H2,25,33,34)(H2,26,27,28,30);(H,6,7)/t16-;/m1./s1. The van der Waals surface area contributed by atoms with E-state index in [0.29, 0.717) is 35.3 Å². The number of alkyl halides is 3. The number of nitrogens with two attached hydrogens (primary N) is 1. The molecule has 1 amide bonds. The highest BCUT2D eigenvalue weighted by Gasteiger charge is 2.38. The number of hydrogen-bond donors (Lipinski definition) is 5. The number of nitrogens with zero attached hydrogens (tertiary/aromatic N) is 3. The molecular formula is C25H25ClF3N7O5S. The van der Waals surface area contributed by atoms with Crippen LogP contribution < -0.4 is 21.1 Å². The van der Waals surface area contributed by atoms with Gasteiger partial charge in [-0.25, -0.2) is 14.9 Å². The lowest BCUT2D eigenvalue weighted by atomic mass is 10.0. The summed E-state index contributed by atoms with van der Waals surface area (Å²) < 4.78 is 56.1. The molecule has 1 fully saturated rings.